The minimum absolute atomic E-state index is 1.00. The van der Waals surface area contributed by atoms with E-state index in [1.807, 2.05) is 18.7 Å². The van der Waals surface area contributed by atoms with Crippen molar-refractivity contribution in [2.24, 2.45) is 7.05 Å². The van der Waals surface area contributed by atoms with E-state index in [4.69, 9.17) is 5.10 Å². The van der Waals surface area contributed by atoms with Crippen molar-refractivity contribution in [3.63, 3.8) is 0 Å². The first-order chi connectivity index (χ1) is 11.8. The van der Waals surface area contributed by atoms with Crippen LogP contribution in [0.15, 0.2) is 49.1 Å². The standard InChI is InChI=1S/C19H23N5/c1-22-18-8-11-23(13-14-24-12-9-20-15-24)10-7-17(18)19(21-22)16-5-3-2-4-6-16/h2-6,9,12,15H,7-8,10-11,13-14H2,1H3. The highest BCUT2D eigenvalue weighted by atomic mass is 15.3. The Bertz CT molecular complexity index is 789. The molecule has 5 heteroatoms. The van der Waals surface area contributed by atoms with E-state index in [1.165, 1.54) is 16.8 Å². The maximum atomic E-state index is 4.80. The summed E-state index contributed by atoms with van der Waals surface area (Å²) in [5, 5.41) is 4.80. The molecule has 1 aliphatic heterocycles. The number of nitrogens with zero attached hydrogens (tertiary/aromatic N) is 5. The van der Waals surface area contributed by atoms with Crippen LogP contribution in [-0.4, -0.2) is 43.9 Å². The summed E-state index contributed by atoms with van der Waals surface area (Å²) < 4.78 is 4.23. The summed E-state index contributed by atoms with van der Waals surface area (Å²) in [4.78, 5) is 6.67. The van der Waals surface area contributed by atoms with Crippen molar-refractivity contribution in [2.75, 3.05) is 19.6 Å². The third kappa shape index (κ3) is 2.99. The Morgan fingerprint density at radius 2 is 1.88 bits per heavy atom. The van der Waals surface area contributed by atoms with Gasteiger partial charge in [0.25, 0.3) is 0 Å². The fourth-order valence-electron chi connectivity index (χ4n) is 3.55. The van der Waals surface area contributed by atoms with E-state index in [9.17, 15) is 0 Å². The van der Waals surface area contributed by atoms with Crippen molar-refractivity contribution >= 4 is 0 Å². The van der Waals surface area contributed by atoms with E-state index >= 15 is 0 Å². The summed E-state index contributed by atoms with van der Waals surface area (Å²) >= 11 is 0. The maximum absolute atomic E-state index is 4.80. The smallest absolute Gasteiger partial charge is 0.0958 e. The minimum atomic E-state index is 1.00. The van der Waals surface area contributed by atoms with Crippen LogP contribution < -0.4 is 0 Å². The lowest BCUT2D eigenvalue weighted by atomic mass is 10.0. The van der Waals surface area contributed by atoms with Crippen molar-refractivity contribution in [3.05, 3.63) is 60.3 Å². The number of hydrogen-bond acceptors (Lipinski definition) is 3. The van der Waals surface area contributed by atoms with Crippen LogP contribution in [0, 0.1) is 0 Å². The Morgan fingerprint density at radius 3 is 2.67 bits per heavy atom. The molecule has 0 bridgehead atoms. The molecule has 24 heavy (non-hydrogen) atoms. The van der Waals surface area contributed by atoms with Crippen LogP contribution in [0.5, 0.6) is 0 Å². The second kappa shape index (κ2) is 6.61. The van der Waals surface area contributed by atoms with E-state index in [1.54, 1.807) is 0 Å². The highest BCUT2D eigenvalue weighted by molar-refractivity contribution is 5.64. The van der Waals surface area contributed by atoms with Gasteiger partial charge in [0.05, 0.1) is 12.0 Å². The zero-order chi connectivity index (χ0) is 16.4. The Balaban J connectivity index is 1.51. The predicted octanol–water partition coefficient (Wildman–Crippen LogP) is 2.38. The molecule has 4 rings (SSSR count). The number of fused-ring (bicyclic) bond motifs is 1. The molecule has 0 saturated carbocycles. The summed E-state index contributed by atoms with van der Waals surface area (Å²) in [6, 6.07) is 10.5. The molecule has 3 aromatic rings. The molecule has 0 saturated heterocycles. The summed E-state index contributed by atoms with van der Waals surface area (Å²) in [5.41, 5.74) is 5.19. The third-order valence-electron chi connectivity index (χ3n) is 4.90. The Morgan fingerprint density at radius 1 is 1.04 bits per heavy atom. The van der Waals surface area contributed by atoms with Crippen LogP contribution in [0.25, 0.3) is 11.3 Å². The molecule has 0 spiro atoms. The summed E-state index contributed by atoms with van der Waals surface area (Å²) in [7, 11) is 2.08. The molecule has 0 amide bonds. The number of aromatic nitrogens is 4. The lowest BCUT2D eigenvalue weighted by Gasteiger charge is -2.20. The van der Waals surface area contributed by atoms with Gasteiger partial charge in [-0.1, -0.05) is 30.3 Å². The van der Waals surface area contributed by atoms with Crippen molar-refractivity contribution < 1.29 is 0 Å². The van der Waals surface area contributed by atoms with Crippen LogP contribution in [0.1, 0.15) is 11.3 Å². The van der Waals surface area contributed by atoms with E-state index in [0.717, 1.165) is 44.7 Å². The van der Waals surface area contributed by atoms with Crippen LogP contribution in [-0.2, 0) is 26.4 Å². The number of benzene rings is 1. The van der Waals surface area contributed by atoms with Gasteiger partial charge in [-0.25, -0.2) is 4.98 Å². The summed E-state index contributed by atoms with van der Waals surface area (Å²) in [5.74, 6) is 0. The zero-order valence-corrected chi connectivity index (χ0v) is 14.1. The van der Waals surface area contributed by atoms with Gasteiger partial charge in [0.1, 0.15) is 0 Å². The lowest BCUT2D eigenvalue weighted by molar-refractivity contribution is 0.274. The van der Waals surface area contributed by atoms with Crippen LogP contribution in [0.2, 0.25) is 0 Å². The molecule has 124 valence electrons. The van der Waals surface area contributed by atoms with Crippen LogP contribution in [0.4, 0.5) is 0 Å². The fourth-order valence-corrected chi connectivity index (χ4v) is 3.55. The normalized spacial score (nSPS) is 15.2. The number of rotatable bonds is 4. The second-order valence-electron chi connectivity index (χ2n) is 6.41. The molecule has 0 aliphatic carbocycles. The van der Waals surface area contributed by atoms with Crippen molar-refractivity contribution in [2.45, 2.75) is 19.4 Å². The molecule has 0 N–H and O–H groups in total. The molecule has 3 heterocycles. The van der Waals surface area contributed by atoms with Crippen molar-refractivity contribution in [1.29, 1.82) is 0 Å². The molecule has 0 unspecified atom stereocenters. The Hall–Kier alpha value is -2.40. The average Bonchev–Trinajstić information content (AvgIpc) is 3.18. The first-order valence-electron chi connectivity index (χ1n) is 8.59. The monoisotopic (exact) mass is 321 g/mol. The first kappa shape index (κ1) is 15.1. The van der Waals surface area contributed by atoms with Gasteiger partial charge in [-0.05, 0) is 6.42 Å². The van der Waals surface area contributed by atoms with E-state index in [-0.39, 0.29) is 0 Å². The van der Waals surface area contributed by atoms with Gasteiger partial charge < -0.3 is 9.47 Å². The average molecular weight is 321 g/mol. The van der Waals surface area contributed by atoms with Crippen LogP contribution in [0.3, 0.4) is 0 Å². The van der Waals surface area contributed by atoms with Gasteiger partial charge in [-0.2, -0.15) is 5.10 Å². The van der Waals surface area contributed by atoms with Crippen molar-refractivity contribution in [1.82, 2.24) is 24.2 Å². The van der Waals surface area contributed by atoms with Gasteiger partial charge in [0.2, 0.25) is 0 Å². The third-order valence-corrected chi connectivity index (χ3v) is 4.90. The van der Waals surface area contributed by atoms with Crippen molar-refractivity contribution in [3.8, 4) is 11.3 Å². The lowest BCUT2D eigenvalue weighted by Crippen LogP contribution is -2.30. The van der Waals surface area contributed by atoms with E-state index in [0.29, 0.717) is 0 Å². The molecular formula is C19H23N5. The predicted molar refractivity (Wildman–Crippen MR) is 94.7 cm³/mol. The summed E-state index contributed by atoms with van der Waals surface area (Å²) in [6.07, 6.45) is 7.90. The minimum Gasteiger partial charge on any atom is -0.336 e. The molecule has 2 aromatic heterocycles. The molecular weight excluding hydrogens is 298 g/mol. The Kier molecular flexibility index (Phi) is 4.17. The maximum Gasteiger partial charge on any atom is 0.0958 e. The number of imidazole rings is 1. The summed E-state index contributed by atoms with van der Waals surface area (Å²) in [6.45, 7) is 4.25. The number of aryl methyl sites for hydroxylation is 1. The van der Waals surface area contributed by atoms with Gasteiger partial charge >= 0.3 is 0 Å². The largest absolute Gasteiger partial charge is 0.336 e. The topological polar surface area (TPSA) is 38.9 Å². The van der Waals surface area contributed by atoms with Gasteiger partial charge in [-0.3, -0.25) is 4.68 Å². The zero-order valence-electron chi connectivity index (χ0n) is 14.1. The molecule has 0 fully saturated rings. The van der Waals surface area contributed by atoms with Gasteiger partial charge in [0, 0.05) is 68.9 Å². The fraction of sp³-hybridized carbons (Fsp3) is 0.368. The van der Waals surface area contributed by atoms with E-state index in [2.05, 4.69) is 56.5 Å². The van der Waals surface area contributed by atoms with Crippen LogP contribution >= 0.6 is 0 Å². The first-order valence-corrected chi connectivity index (χ1v) is 8.59. The molecule has 1 aromatic carbocycles. The second-order valence-corrected chi connectivity index (χ2v) is 6.41. The quantitative estimate of drug-likeness (QED) is 0.740. The van der Waals surface area contributed by atoms with Gasteiger partial charge in [0.15, 0.2) is 0 Å². The highest BCUT2D eigenvalue weighted by Crippen LogP contribution is 2.27. The molecule has 0 atom stereocenters. The SMILES string of the molecule is Cn1nc(-c2ccccc2)c2c1CCN(CCn1ccnc1)CC2. The molecule has 1 aliphatic rings. The van der Waals surface area contributed by atoms with Gasteiger partial charge in [-0.15, -0.1) is 0 Å². The molecule has 5 nitrogen and oxygen atoms in total. The highest BCUT2D eigenvalue weighted by Gasteiger charge is 2.21. The van der Waals surface area contributed by atoms with E-state index < -0.39 is 0 Å². The Labute approximate surface area is 142 Å². The molecule has 0 radical (unpaired) electrons. The number of hydrogen-bond donors (Lipinski definition) is 0.